The summed E-state index contributed by atoms with van der Waals surface area (Å²) in [6, 6.07) is 5.95. The second-order valence-corrected chi connectivity index (χ2v) is 6.04. The molecule has 0 saturated heterocycles. The van der Waals surface area contributed by atoms with Gasteiger partial charge in [-0.1, -0.05) is 29.4 Å². The van der Waals surface area contributed by atoms with Gasteiger partial charge in [0.1, 0.15) is 6.33 Å². The van der Waals surface area contributed by atoms with E-state index in [2.05, 4.69) is 15.2 Å². The van der Waals surface area contributed by atoms with Crippen LogP contribution in [0.4, 0.5) is 0 Å². The average Bonchev–Trinajstić information content (AvgIpc) is 3.13. The molecule has 5 nitrogen and oxygen atoms in total. The van der Waals surface area contributed by atoms with E-state index in [1.165, 1.54) is 0 Å². The number of nitrogens with zero attached hydrogens (tertiary/aromatic N) is 5. The van der Waals surface area contributed by atoms with Crippen molar-refractivity contribution in [2.24, 2.45) is 0 Å². The lowest BCUT2D eigenvalue weighted by Gasteiger charge is -2.08. The molecule has 1 aromatic carbocycles. The first-order valence-corrected chi connectivity index (χ1v) is 7.85. The van der Waals surface area contributed by atoms with Crippen LogP contribution >= 0.6 is 23.4 Å². The number of aryl methyl sites for hydroxylation is 2. The molecule has 7 heteroatoms. The topological polar surface area (TPSA) is 48.5 Å². The van der Waals surface area contributed by atoms with Crippen molar-refractivity contribution in [3.05, 3.63) is 53.8 Å². The molecule has 2 heterocycles. The van der Waals surface area contributed by atoms with Gasteiger partial charge in [-0.2, -0.15) is 0 Å². The summed E-state index contributed by atoms with van der Waals surface area (Å²) in [6.07, 6.45) is 7.25. The van der Waals surface area contributed by atoms with Gasteiger partial charge in [-0.15, -0.1) is 10.2 Å². The van der Waals surface area contributed by atoms with Crippen molar-refractivity contribution in [3.63, 3.8) is 0 Å². The molecular weight excluding hydrogens is 306 g/mol. The first-order valence-electron chi connectivity index (χ1n) is 6.49. The van der Waals surface area contributed by atoms with Crippen LogP contribution in [0, 0.1) is 6.92 Å². The first-order chi connectivity index (χ1) is 10.2. The Kier molecular flexibility index (Phi) is 4.26. The van der Waals surface area contributed by atoms with Crippen molar-refractivity contribution < 1.29 is 0 Å². The highest BCUT2D eigenvalue weighted by Gasteiger charge is 2.08. The van der Waals surface area contributed by atoms with Crippen LogP contribution in [0.3, 0.4) is 0 Å². The summed E-state index contributed by atoms with van der Waals surface area (Å²) < 4.78 is 3.99. The van der Waals surface area contributed by atoms with Crippen LogP contribution in [0.5, 0.6) is 0 Å². The van der Waals surface area contributed by atoms with E-state index in [4.69, 9.17) is 11.6 Å². The van der Waals surface area contributed by atoms with Crippen LogP contribution in [0.15, 0.2) is 48.4 Å². The number of hydrogen-bond donors (Lipinski definition) is 0. The zero-order chi connectivity index (χ0) is 14.7. The standard InChI is InChI=1S/C14H14ClN5S/c1-11-2-3-12(8-13(11)15)20-10-17-18-14(20)21-7-6-19-5-4-16-9-19/h2-5,8-10H,6-7H2,1H3. The van der Waals surface area contributed by atoms with E-state index < -0.39 is 0 Å². The van der Waals surface area contributed by atoms with Crippen molar-refractivity contribution in [3.8, 4) is 5.69 Å². The molecule has 0 aliphatic carbocycles. The van der Waals surface area contributed by atoms with Gasteiger partial charge in [0.05, 0.1) is 12.0 Å². The van der Waals surface area contributed by atoms with Crippen LogP contribution in [-0.2, 0) is 6.54 Å². The Morgan fingerprint density at radius 2 is 2.19 bits per heavy atom. The van der Waals surface area contributed by atoms with Gasteiger partial charge in [0.25, 0.3) is 0 Å². The molecule has 0 amide bonds. The molecule has 0 radical (unpaired) electrons. The van der Waals surface area contributed by atoms with Gasteiger partial charge < -0.3 is 4.57 Å². The van der Waals surface area contributed by atoms with E-state index in [1.807, 2.05) is 46.8 Å². The summed E-state index contributed by atoms with van der Waals surface area (Å²) in [5.74, 6) is 0.897. The van der Waals surface area contributed by atoms with Crippen LogP contribution in [0.25, 0.3) is 5.69 Å². The number of thioether (sulfide) groups is 1. The predicted octanol–water partition coefficient (Wildman–Crippen LogP) is 3.22. The average molecular weight is 320 g/mol. The maximum absolute atomic E-state index is 6.18. The third kappa shape index (κ3) is 3.28. The Labute approximate surface area is 132 Å². The zero-order valence-corrected chi connectivity index (χ0v) is 13.1. The van der Waals surface area contributed by atoms with Crippen molar-refractivity contribution in [1.29, 1.82) is 0 Å². The van der Waals surface area contributed by atoms with Gasteiger partial charge in [-0.25, -0.2) is 4.98 Å². The Morgan fingerprint density at radius 3 is 2.95 bits per heavy atom. The van der Waals surface area contributed by atoms with Gasteiger partial charge in [0.15, 0.2) is 5.16 Å². The highest BCUT2D eigenvalue weighted by atomic mass is 35.5. The molecule has 0 fully saturated rings. The quantitative estimate of drug-likeness (QED) is 0.677. The molecule has 0 atom stereocenters. The fourth-order valence-electron chi connectivity index (χ4n) is 1.89. The number of rotatable bonds is 5. The highest BCUT2D eigenvalue weighted by molar-refractivity contribution is 7.99. The molecule has 0 bridgehead atoms. The molecule has 3 aromatic rings. The van der Waals surface area contributed by atoms with Crippen molar-refractivity contribution in [1.82, 2.24) is 24.3 Å². The van der Waals surface area contributed by atoms with Gasteiger partial charge in [-0.3, -0.25) is 4.57 Å². The van der Waals surface area contributed by atoms with E-state index in [1.54, 1.807) is 24.3 Å². The van der Waals surface area contributed by atoms with E-state index in [0.717, 1.165) is 33.7 Å². The van der Waals surface area contributed by atoms with E-state index >= 15 is 0 Å². The molecule has 0 saturated carbocycles. The molecule has 2 aromatic heterocycles. The third-order valence-electron chi connectivity index (χ3n) is 3.09. The molecule has 0 aliphatic rings. The lowest BCUT2D eigenvalue weighted by atomic mass is 10.2. The largest absolute Gasteiger partial charge is 0.337 e. The summed E-state index contributed by atoms with van der Waals surface area (Å²) in [5.41, 5.74) is 2.03. The van der Waals surface area contributed by atoms with Crippen LogP contribution in [0.1, 0.15) is 5.56 Å². The van der Waals surface area contributed by atoms with Crippen LogP contribution in [-0.4, -0.2) is 30.1 Å². The lowest BCUT2D eigenvalue weighted by molar-refractivity contribution is 0.767. The van der Waals surface area contributed by atoms with Gasteiger partial charge in [0.2, 0.25) is 0 Å². The molecule has 3 rings (SSSR count). The van der Waals surface area contributed by atoms with Gasteiger partial charge >= 0.3 is 0 Å². The zero-order valence-electron chi connectivity index (χ0n) is 11.5. The molecule has 108 valence electrons. The van der Waals surface area contributed by atoms with Crippen molar-refractivity contribution >= 4 is 23.4 Å². The molecule has 21 heavy (non-hydrogen) atoms. The van der Waals surface area contributed by atoms with Gasteiger partial charge in [-0.05, 0) is 24.6 Å². The molecular formula is C14H14ClN5S. The number of imidazole rings is 1. The number of halogens is 1. The minimum Gasteiger partial charge on any atom is -0.337 e. The minimum absolute atomic E-state index is 0.746. The summed E-state index contributed by atoms with van der Waals surface area (Å²) in [5, 5.41) is 9.77. The second-order valence-electron chi connectivity index (χ2n) is 4.57. The monoisotopic (exact) mass is 319 g/mol. The fourth-order valence-corrected chi connectivity index (χ4v) is 2.95. The summed E-state index contributed by atoms with van der Waals surface area (Å²) >= 11 is 7.84. The van der Waals surface area contributed by atoms with Crippen molar-refractivity contribution in [2.45, 2.75) is 18.6 Å². The van der Waals surface area contributed by atoms with Gasteiger partial charge in [0, 0.05) is 29.7 Å². The third-order valence-corrected chi connectivity index (χ3v) is 4.42. The molecule has 0 spiro atoms. The van der Waals surface area contributed by atoms with Crippen LogP contribution in [0.2, 0.25) is 5.02 Å². The Bertz CT molecular complexity index is 723. The Morgan fingerprint density at radius 1 is 1.29 bits per heavy atom. The van der Waals surface area contributed by atoms with Crippen molar-refractivity contribution in [2.75, 3.05) is 5.75 Å². The van der Waals surface area contributed by atoms with Crippen LogP contribution < -0.4 is 0 Å². The summed E-state index contributed by atoms with van der Waals surface area (Å²) in [4.78, 5) is 4.03. The highest BCUT2D eigenvalue weighted by Crippen LogP contribution is 2.23. The maximum atomic E-state index is 6.18. The van der Waals surface area contributed by atoms with E-state index in [9.17, 15) is 0 Å². The predicted molar refractivity (Wildman–Crippen MR) is 84.1 cm³/mol. The SMILES string of the molecule is Cc1ccc(-n2cnnc2SCCn2ccnc2)cc1Cl. The number of hydrogen-bond acceptors (Lipinski definition) is 4. The lowest BCUT2D eigenvalue weighted by Crippen LogP contribution is -2.00. The summed E-state index contributed by atoms with van der Waals surface area (Å²) in [6.45, 7) is 2.87. The number of aromatic nitrogens is 5. The van der Waals surface area contributed by atoms with E-state index in [0.29, 0.717) is 0 Å². The second kappa shape index (κ2) is 6.32. The molecule has 0 unspecified atom stereocenters. The number of benzene rings is 1. The minimum atomic E-state index is 0.746. The first kappa shape index (κ1) is 14.2. The smallest absolute Gasteiger partial charge is 0.195 e. The molecule has 0 aliphatic heterocycles. The Balaban J connectivity index is 1.72. The fraction of sp³-hybridized carbons (Fsp3) is 0.214. The molecule has 0 N–H and O–H groups in total. The summed E-state index contributed by atoms with van der Waals surface area (Å²) in [7, 11) is 0. The normalized spacial score (nSPS) is 11.0. The maximum Gasteiger partial charge on any atom is 0.195 e. The van der Waals surface area contributed by atoms with E-state index in [-0.39, 0.29) is 0 Å². The Hall–Kier alpha value is -1.79.